The van der Waals surface area contributed by atoms with E-state index in [0.717, 1.165) is 0 Å². The molecule has 1 N–H and O–H groups in total. The van der Waals surface area contributed by atoms with E-state index in [1.165, 1.54) is 0 Å². The van der Waals surface area contributed by atoms with Gasteiger partial charge in [0.05, 0.1) is 0 Å². The van der Waals surface area contributed by atoms with Crippen LogP contribution < -0.4 is 0 Å². The smallest absolute Gasteiger partial charge is 0.336 e. The van der Waals surface area contributed by atoms with E-state index in [4.69, 9.17) is 4.74 Å². The molecule has 0 saturated heterocycles. The maximum Gasteiger partial charge on any atom is 0.336 e. The Kier molecular flexibility index (Phi) is 2.37. The van der Waals surface area contributed by atoms with E-state index in [9.17, 15) is 14.7 Å². The molecule has 4 nitrogen and oxygen atoms in total. The Morgan fingerprint density at radius 1 is 1.42 bits per heavy atom. The molecule has 1 aliphatic heterocycles. The van der Waals surface area contributed by atoms with Gasteiger partial charge in [-0.25, -0.2) is 4.79 Å². The predicted octanol–water partition coefficient (Wildman–Crippen LogP) is 1.74. The monoisotopic (exact) mass is 262 g/mol. The van der Waals surface area contributed by atoms with Crippen molar-refractivity contribution < 1.29 is 19.4 Å². The largest absolute Gasteiger partial charge is 0.426 e. The summed E-state index contributed by atoms with van der Waals surface area (Å²) in [5, 5.41) is 10.5. The summed E-state index contributed by atoms with van der Waals surface area (Å²) < 4.78 is 5.14. The van der Waals surface area contributed by atoms with Gasteiger partial charge in [-0.2, -0.15) is 0 Å². The van der Waals surface area contributed by atoms with Crippen molar-refractivity contribution in [2.45, 2.75) is 39.4 Å². The molecule has 1 heterocycles. The number of esters is 1. The lowest BCUT2D eigenvalue weighted by Gasteiger charge is -2.50. The zero-order valence-electron chi connectivity index (χ0n) is 11.4. The summed E-state index contributed by atoms with van der Waals surface area (Å²) in [7, 11) is 0. The van der Waals surface area contributed by atoms with Gasteiger partial charge in [-0.15, -0.1) is 0 Å². The topological polar surface area (TPSA) is 63.6 Å². The van der Waals surface area contributed by atoms with Crippen LogP contribution in [-0.4, -0.2) is 22.6 Å². The second-order valence-electron chi connectivity index (χ2n) is 6.25. The second kappa shape index (κ2) is 3.57. The quantitative estimate of drug-likeness (QED) is 0.675. The lowest BCUT2D eigenvalue weighted by atomic mass is 9.55. The fourth-order valence-electron chi connectivity index (χ4n) is 3.63. The van der Waals surface area contributed by atoms with E-state index in [0.29, 0.717) is 24.0 Å². The molecule has 4 atom stereocenters. The first kappa shape index (κ1) is 12.6. The number of carbonyl (C=O) groups is 2. The lowest BCUT2D eigenvalue weighted by Crippen LogP contribution is -2.50. The molecule has 1 fully saturated rings. The average Bonchev–Trinajstić information content (AvgIpc) is 2.55. The fourth-order valence-corrected chi connectivity index (χ4v) is 3.63. The molecule has 0 unspecified atom stereocenters. The zero-order chi connectivity index (χ0) is 14.0. The minimum Gasteiger partial charge on any atom is -0.426 e. The highest BCUT2D eigenvalue weighted by Gasteiger charge is 2.57. The highest BCUT2D eigenvalue weighted by Crippen LogP contribution is 2.56. The number of hydrogen-bond acceptors (Lipinski definition) is 4. The van der Waals surface area contributed by atoms with Crippen LogP contribution in [0.2, 0.25) is 0 Å². The number of ketones is 1. The van der Waals surface area contributed by atoms with Gasteiger partial charge < -0.3 is 9.84 Å². The third-order valence-corrected chi connectivity index (χ3v) is 5.30. The summed E-state index contributed by atoms with van der Waals surface area (Å²) in [5.41, 5.74) is 0.908. The summed E-state index contributed by atoms with van der Waals surface area (Å²) in [4.78, 5) is 23.6. The Morgan fingerprint density at radius 3 is 2.79 bits per heavy atom. The Labute approximate surface area is 112 Å². The Balaban J connectivity index is 2.09. The van der Waals surface area contributed by atoms with Crippen molar-refractivity contribution in [2.24, 2.45) is 17.3 Å². The number of carbonyl (C=O) groups excluding carboxylic acids is 2. The van der Waals surface area contributed by atoms with Crippen molar-refractivity contribution >= 4 is 11.8 Å². The summed E-state index contributed by atoms with van der Waals surface area (Å²) in [6.45, 7) is 5.67. The van der Waals surface area contributed by atoms with Gasteiger partial charge in [-0.3, -0.25) is 4.79 Å². The van der Waals surface area contributed by atoms with Gasteiger partial charge in [0.15, 0.2) is 5.78 Å². The van der Waals surface area contributed by atoms with Crippen LogP contribution in [0.4, 0.5) is 0 Å². The van der Waals surface area contributed by atoms with Crippen LogP contribution in [0.25, 0.3) is 0 Å². The number of ether oxygens (including phenoxy) is 1. The first-order valence-electron chi connectivity index (χ1n) is 6.66. The predicted molar refractivity (Wildman–Crippen MR) is 67.9 cm³/mol. The number of fused-ring (bicyclic) bond motifs is 2. The number of rotatable bonds is 0. The number of aliphatic hydroxyl groups is 1. The molecule has 0 radical (unpaired) electrons. The van der Waals surface area contributed by atoms with Gasteiger partial charge >= 0.3 is 5.97 Å². The van der Waals surface area contributed by atoms with Crippen LogP contribution in [0, 0.1) is 17.3 Å². The van der Waals surface area contributed by atoms with E-state index < -0.39 is 11.8 Å². The third-order valence-electron chi connectivity index (χ3n) is 5.30. The molecule has 3 aliphatic rings. The van der Waals surface area contributed by atoms with E-state index in [1.54, 1.807) is 13.0 Å². The normalized spacial score (nSPS) is 45.1. The van der Waals surface area contributed by atoms with Crippen LogP contribution in [0.3, 0.4) is 0 Å². The van der Waals surface area contributed by atoms with Gasteiger partial charge in [0.25, 0.3) is 0 Å². The molecule has 0 aromatic rings. The molecule has 3 rings (SSSR count). The highest BCUT2D eigenvalue weighted by molar-refractivity contribution is 5.94. The summed E-state index contributed by atoms with van der Waals surface area (Å²) in [6.07, 6.45) is 4.33. The first-order valence-corrected chi connectivity index (χ1v) is 6.66. The van der Waals surface area contributed by atoms with Crippen LogP contribution in [-0.2, 0) is 14.3 Å². The number of hydrogen-bond donors (Lipinski definition) is 1. The van der Waals surface area contributed by atoms with E-state index in [-0.39, 0.29) is 23.0 Å². The Morgan fingerprint density at radius 2 is 2.11 bits per heavy atom. The molecular weight excluding hydrogens is 244 g/mol. The Hall–Kier alpha value is -1.42. The van der Waals surface area contributed by atoms with Crippen LogP contribution in [0.15, 0.2) is 23.3 Å². The van der Waals surface area contributed by atoms with Gasteiger partial charge in [0.2, 0.25) is 5.79 Å². The molecular formula is C15H18O4. The second-order valence-corrected chi connectivity index (χ2v) is 6.25. The molecule has 19 heavy (non-hydrogen) atoms. The molecule has 0 amide bonds. The molecule has 4 heteroatoms. The van der Waals surface area contributed by atoms with Crippen molar-refractivity contribution in [3.8, 4) is 0 Å². The molecule has 102 valence electrons. The standard InChI is InChI=1S/C15H18O4/c1-8-11-7-14(3)9(2)12(16)5-4-10(14)6-15(11,18)19-13(8)17/h4-5,9-10,18H,6-7H2,1-3H3/t9-,10-,14+,15+/m0/s1. The molecule has 0 aromatic heterocycles. The molecule has 2 aliphatic carbocycles. The average molecular weight is 262 g/mol. The first-order chi connectivity index (χ1) is 8.78. The van der Waals surface area contributed by atoms with Crippen molar-refractivity contribution in [1.29, 1.82) is 0 Å². The van der Waals surface area contributed by atoms with Crippen LogP contribution in [0.1, 0.15) is 33.6 Å². The molecule has 1 saturated carbocycles. The van der Waals surface area contributed by atoms with Crippen molar-refractivity contribution in [1.82, 2.24) is 0 Å². The highest BCUT2D eigenvalue weighted by atomic mass is 16.7. The molecule has 0 spiro atoms. The minimum atomic E-state index is -1.46. The maximum atomic E-state index is 11.9. The number of allylic oxidation sites excluding steroid dienone is 2. The van der Waals surface area contributed by atoms with Crippen molar-refractivity contribution in [3.05, 3.63) is 23.3 Å². The van der Waals surface area contributed by atoms with Crippen molar-refractivity contribution in [3.63, 3.8) is 0 Å². The zero-order valence-corrected chi connectivity index (χ0v) is 11.4. The minimum absolute atomic E-state index is 0.0487. The van der Waals surface area contributed by atoms with Crippen LogP contribution >= 0.6 is 0 Å². The van der Waals surface area contributed by atoms with Crippen LogP contribution in [0.5, 0.6) is 0 Å². The Bertz CT molecular complexity index is 544. The van der Waals surface area contributed by atoms with Gasteiger partial charge in [0.1, 0.15) is 0 Å². The summed E-state index contributed by atoms with van der Waals surface area (Å²) in [6, 6.07) is 0. The SMILES string of the molecule is CC1=C2C[C@@]3(C)[C@@H](C=CC(=O)[C@@H]3C)C[C@@]2(O)OC1=O. The third kappa shape index (κ3) is 1.49. The maximum absolute atomic E-state index is 11.9. The van der Waals surface area contributed by atoms with Gasteiger partial charge in [-0.05, 0) is 30.8 Å². The molecule has 0 aromatic carbocycles. The summed E-state index contributed by atoms with van der Waals surface area (Å²) >= 11 is 0. The van der Waals surface area contributed by atoms with E-state index in [1.807, 2.05) is 13.0 Å². The van der Waals surface area contributed by atoms with E-state index >= 15 is 0 Å². The van der Waals surface area contributed by atoms with Crippen molar-refractivity contribution in [2.75, 3.05) is 0 Å². The molecule has 0 bridgehead atoms. The lowest BCUT2D eigenvalue weighted by molar-refractivity contribution is -0.199. The van der Waals surface area contributed by atoms with E-state index in [2.05, 4.69) is 6.92 Å². The fraction of sp³-hybridized carbons (Fsp3) is 0.600. The summed E-state index contributed by atoms with van der Waals surface area (Å²) in [5.74, 6) is -1.85. The van der Waals surface area contributed by atoms with Gasteiger partial charge in [0, 0.05) is 23.5 Å². The van der Waals surface area contributed by atoms with Gasteiger partial charge in [-0.1, -0.05) is 19.9 Å².